The van der Waals surface area contributed by atoms with Crippen molar-refractivity contribution in [2.75, 3.05) is 33.7 Å². The van der Waals surface area contributed by atoms with E-state index in [4.69, 9.17) is 0 Å². The number of hydrogen-bond donors (Lipinski definition) is 1. The third-order valence-electron chi connectivity index (χ3n) is 3.82. The topological polar surface area (TPSA) is 52.7 Å². The van der Waals surface area contributed by atoms with Crippen molar-refractivity contribution in [1.29, 1.82) is 0 Å². The minimum Gasteiger partial charge on any atom is -0.347 e. The van der Waals surface area contributed by atoms with E-state index in [1.807, 2.05) is 6.92 Å². The molecule has 5 heteroatoms. The Labute approximate surface area is 116 Å². The van der Waals surface area contributed by atoms with Gasteiger partial charge in [-0.2, -0.15) is 0 Å². The van der Waals surface area contributed by atoms with Crippen LogP contribution in [0.4, 0.5) is 0 Å². The molecule has 1 aliphatic heterocycles. The highest BCUT2D eigenvalue weighted by Gasteiger charge is 2.42. The second-order valence-electron chi connectivity index (χ2n) is 5.47. The lowest BCUT2D eigenvalue weighted by Crippen LogP contribution is -2.56. The first kappa shape index (κ1) is 16.0. The molecule has 1 saturated heterocycles. The molecule has 0 aromatic carbocycles. The number of nitrogens with one attached hydrogen (secondary N) is 1. The first-order valence-electron chi connectivity index (χ1n) is 7.21. The predicted molar refractivity (Wildman–Crippen MR) is 75.8 cm³/mol. The highest BCUT2D eigenvalue weighted by molar-refractivity contribution is 5.90. The molecule has 1 aliphatic rings. The van der Waals surface area contributed by atoms with Crippen molar-refractivity contribution in [3.8, 4) is 0 Å². The van der Waals surface area contributed by atoms with Crippen molar-refractivity contribution < 1.29 is 9.59 Å². The summed E-state index contributed by atoms with van der Waals surface area (Å²) in [7, 11) is 3.44. The zero-order valence-electron chi connectivity index (χ0n) is 12.7. The van der Waals surface area contributed by atoms with Crippen LogP contribution < -0.4 is 5.32 Å². The zero-order chi connectivity index (χ0) is 14.5. The lowest BCUT2D eigenvalue weighted by molar-refractivity contribution is -0.143. The van der Waals surface area contributed by atoms with Gasteiger partial charge in [-0.15, -0.1) is 0 Å². The molecule has 0 radical (unpaired) electrons. The molecule has 1 atom stereocenters. The summed E-state index contributed by atoms with van der Waals surface area (Å²) in [4.78, 5) is 27.8. The lowest BCUT2D eigenvalue weighted by atomic mass is 9.90. The number of nitrogens with zero attached hydrogens (tertiary/aromatic N) is 2. The minimum atomic E-state index is -0.433. The van der Waals surface area contributed by atoms with Crippen molar-refractivity contribution in [1.82, 2.24) is 15.1 Å². The van der Waals surface area contributed by atoms with Crippen LogP contribution in [0.3, 0.4) is 0 Å². The molecule has 1 N–H and O–H groups in total. The van der Waals surface area contributed by atoms with Gasteiger partial charge in [0, 0.05) is 20.6 Å². The first-order valence-corrected chi connectivity index (χ1v) is 7.21. The van der Waals surface area contributed by atoms with E-state index in [9.17, 15) is 9.59 Å². The van der Waals surface area contributed by atoms with Crippen molar-refractivity contribution in [3.63, 3.8) is 0 Å². The molecule has 1 rings (SSSR count). The van der Waals surface area contributed by atoms with Gasteiger partial charge in [0.15, 0.2) is 0 Å². The molecule has 1 heterocycles. The Balaban J connectivity index is 2.78. The summed E-state index contributed by atoms with van der Waals surface area (Å²) in [5.74, 6) is 0.0596. The van der Waals surface area contributed by atoms with Gasteiger partial charge in [0.1, 0.15) is 0 Å². The number of amides is 2. The smallest absolute Gasteiger partial charge is 0.243 e. The summed E-state index contributed by atoms with van der Waals surface area (Å²) in [6.45, 7) is 5.66. The lowest BCUT2D eigenvalue weighted by Gasteiger charge is -2.34. The summed E-state index contributed by atoms with van der Waals surface area (Å²) in [5.41, 5.74) is -0.433. The van der Waals surface area contributed by atoms with Crippen LogP contribution in [-0.4, -0.2) is 60.9 Å². The Hall–Kier alpha value is -1.10. The molecule has 0 aromatic rings. The third-order valence-corrected chi connectivity index (χ3v) is 3.82. The Morgan fingerprint density at radius 1 is 1.26 bits per heavy atom. The Morgan fingerprint density at radius 2 is 1.95 bits per heavy atom. The van der Waals surface area contributed by atoms with Gasteiger partial charge in [-0.3, -0.25) is 9.59 Å². The highest BCUT2D eigenvalue weighted by Crippen LogP contribution is 2.27. The molecular weight excluding hydrogens is 242 g/mol. The molecule has 0 bridgehead atoms. The molecule has 0 spiro atoms. The van der Waals surface area contributed by atoms with Gasteiger partial charge in [-0.05, 0) is 32.7 Å². The van der Waals surface area contributed by atoms with Crippen LogP contribution >= 0.6 is 0 Å². The first-order chi connectivity index (χ1) is 8.96. The van der Waals surface area contributed by atoms with Crippen molar-refractivity contribution in [2.24, 2.45) is 0 Å². The summed E-state index contributed by atoms with van der Waals surface area (Å²) < 4.78 is 0. The van der Waals surface area contributed by atoms with Crippen molar-refractivity contribution in [3.05, 3.63) is 0 Å². The average Bonchev–Trinajstić information content (AvgIpc) is 2.84. The van der Waals surface area contributed by atoms with Gasteiger partial charge >= 0.3 is 0 Å². The van der Waals surface area contributed by atoms with Crippen molar-refractivity contribution in [2.45, 2.75) is 45.1 Å². The maximum absolute atomic E-state index is 12.7. The van der Waals surface area contributed by atoms with Gasteiger partial charge in [0.2, 0.25) is 11.8 Å². The molecule has 1 unspecified atom stereocenters. The fourth-order valence-electron chi connectivity index (χ4n) is 2.67. The summed E-state index contributed by atoms with van der Waals surface area (Å²) in [5, 5.41) is 3.37. The molecule has 2 amide bonds. The van der Waals surface area contributed by atoms with E-state index < -0.39 is 5.54 Å². The number of rotatable bonds is 6. The fraction of sp³-hybridized carbons (Fsp3) is 0.857. The van der Waals surface area contributed by atoms with Gasteiger partial charge in [-0.25, -0.2) is 0 Å². The quantitative estimate of drug-likeness (QED) is 0.777. The van der Waals surface area contributed by atoms with Crippen molar-refractivity contribution >= 4 is 11.8 Å². The van der Waals surface area contributed by atoms with Crippen LogP contribution in [0.1, 0.15) is 39.5 Å². The molecule has 1 fully saturated rings. The maximum Gasteiger partial charge on any atom is 0.243 e. The van der Waals surface area contributed by atoms with Crippen LogP contribution in [0, 0.1) is 0 Å². The second-order valence-corrected chi connectivity index (χ2v) is 5.47. The molecule has 5 nitrogen and oxygen atoms in total. The Kier molecular flexibility index (Phi) is 5.79. The molecule has 0 saturated carbocycles. The number of carbonyl (C=O) groups excluding carboxylic acids is 2. The predicted octanol–water partition coefficient (Wildman–Crippen LogP) is 0.845. The van der Waals surface area contributed by atoms with Gasteiger partial charge in [0.05, 0.1) is 12.1 Å². The van der Waals surface area contributed by atoms with E-state index in [0.29, 0.717) is 6.54 Å². The molecule has 19 heavy (non-hydrogen) atoms. The summed E-state index contributed by atoms with van der Waals surface area (Å²) in [6, 6.07) is 0. The van der Waals surface area contributed by atoms with E-state index in [-0.39, 0.29) is 18.4 Å². The minimum absolute atomic E-state index is 0.0279. The third kappa shape index (κ3) is 3.69. The van der Waals surface area contributed by atoms with E-state index >= 15 is 0 Å². The monoisotopic (exact) mass is 269 g/mol. The fourth-order valence-corrected chi connectivity index (χ4v) is 2.67. The van der Waals surface area contributed by atoms with E-state index in [2.05, 4.69) is 12.2 Å². The summed E-state index contributed by atoms with van der Waals surface area (Å²) in [6.07, 6.45) is 3.73. The second kappa shape index (κ2) is 6.89. The Bertz CT molecular complexity index is 323. The zero-order valence-corrected chi connectivity index (χ0v) is 12.7. The van der Waals surface area contributed by atoms with E-state index in [1.165, 1.54) is 4.90 Å². The largest absolute Gasteiger partial charge is 0.347 e. The number of likely N-dealkylation sites (N-methyl/N-ethyl adjacent to an activating group) is 2. The van der Waals surface area contributed by atoms with Crippen LogP contribution in [0.25, 0.3) is 0 Å². The van der Waals surface area contributed by atoms with Gasteiger partial charge < -0.3 is 15.1 Å². The number of hydrogen-bond acceptors (Lipinski definition) is 3. The van der Waals surface area contributed by atoms with Crippen LogP contribution in [-0.2, 0) is 9.59 Å². The molecule has 110 valence electrons. The van der Waals surface area contributed by atoms with E-state index in [0.717, 1.165) is 32.2 Å². The van der Waals surface area contributed by atoms with Crippen LogP contribution in [0.15, 0.2) is 0 Å². The molecule has 0 aliphatic carbocycles. The summed E-state index contributed by atoms with van der Waals surface area (Å²) >= 11 is 0. The molecule has 0 aromatic heterocycles. The maximum atomic E-state index is 12.7. The highest BCUT2D eigenvalue weighted by atomic mass is 16.2. The Morgan fingerprint density at radius 3 is 2.37 bits per heavy atom. The van der Waals surface area contributed by atoms with E-state index in [1.54, 1.807) is 19.0 Å². The standard InChI is InChI=1S/C14H27N3O2/c1-5-8-14(9-7-10-15-14)13(19)17(6-2)11-12(18)16(3)4/h15H,5-11H2,1-4H3. The van der Waals surface area contributed by atoms with Crippen LogP contribution in [0.2, 0.25) is 0 Å². The van der Waals surface area contributed by atoms with Gasteiger partial charge in [-0.1, -0.05) is 13.3 Å². The SMILES string of the molecule is CCCC1(C(=O)N(CC)CC(=O)N(C)C)CCCN1. The number of carbonyl (C=O) groups is 2. The van der Waals surface area contributed by atoms with Gasteiger partial charge in [0.25, 0.3) is 0 Å². The van der Waals surface area contributed by atoms with Crippen LogP contribution in [0.5, 0.6) is 0 Å². The normalized spacial score (nSPS) is 22.3. The molecular formula is C14H27N3O2. The average molecular weight is 269 g/mol.